The predicted molar refractivity (Wildman–Crippen MR) is 74.4 cm³/mol. The maximum absolute atomic E-state index is 4.32. The number of nitrogens with zero attached hydrogens (tertiary/aromatic N) is 1. The third-order valence-corrected chi connectivity index (χ3v) is 5.05. The van der Waals surface area contributed by atoms with Gasteiger partial charge in [0.2, 0.25) is 0 Å². The molecule has 1 saturated carbocycles. The highest BCUT2D eigenvalue weighted by atomic mass is 32.1. The summed E-state index contributed by atoms with van der Waals surface area (Å²) in [4.78, 5) is 5.72. The summed E-state index contributed by atoms with van der Waals surface area (Å²) in [5.41, 5.74) is 3.14. The van der Waals surface area contributed by atoms with E-state index in [4.69, 9.17) is 0 Å². The Kier molecular flexibility index (Phi) is 4.57. The fourth-order valence-electron chi connectivity index (χ4n) is 2.91. The highest BCUT2D eigenvalue weighted by molar-refractivity contribution is 7.09. The Labute approximate surface area is 109 Å². The van der Waals surface area contributed by atoms with E-state index >= 15 is 0 Å². The summed E-state index contributed by atoms with van der Waals surface area (Å²) < 4.78 is 0. The summed E-state index contributed by atoms with van der Waals surface area (Å²) in [6.07, 6.45) is 5.66. The van der Waals surface area contributed by atoms with Crippen LogP contribution < -0.4 is 5.32 Å². The van der Waals surface area contributed by atoms with E-state index in [0.717, 1.165) is 11.8 Å². The van der Waals surface area contributed by atoms with Gasteiger partial charge in [-0.05, 0) is 45.1 Å². The highest BCUT2D eigenvalue weighted by Gasteiger charge is 2.19. The van der Waals surface area contributed by atoms with Gasteiger partial charge in [-0.15, -0.1) is 11.3 Å². The summed E-state index contributed by atoms with van der Waals surface area (Å²) in [6, 6.07) is 0.458. The van der Waals surface area contributed by atoms with Crippen molar-refractivity contribution in [3.8, 4) is 0 Å². The monoisotopic (exact) mass is 252 g/mol. The molecular formula is C14H24N2S. The van der Waals surface area contributed by atoms with Crippen LogP contribution in [0.3, 0.4) is 0 Å². The maximum Gasteiger partial charge on any atom is 0.0798 e. The number of hydrogen-bond acceptors (Lipinski definition) is 3. The molecule has 96 valence electrons. The van der Waals surface area contributed by atoms with E-state index in [0.29, 0.717) is 6.04 Å². The van der Waals surface area contributed by atoms with Crippen LogP contribution >= 0.6 is 11.3 Å². The molecule has 3 atom stereocenters. The molecular weight excluding hydrogens is 228 g/mol. The lowest BCUT2D eigenvalue weighted by molar-refractivity contribution is 0.269. The van der Waals surface area contributed by atoms with Crippen molar-refractivity contribution in [2.75, 3.05) is 6.54 Å². The third kappa shape index (κ3) is 3.52. The highest BCUT2D eigenvalue weighted by Crippen LogP contribution is 2.29. The largest absolute Gasteiger partial charge is 0.309 e. The fourth-order valence-corrected chi connectivity index (χ4v) is 3.74. The van der Waals surface area contributed by atoms with Crippen LogP contribution in [0.15, 0.2) is 5.51 Å². The average molecular weight is 252 g/mol. The Morgan fingerprint density at radius 2 is 2.35 bits per heavy atom. The minimum atomic E-state index is 0.458. The number of hydrogen-bond donors (Lipinski definition) is 1. The minimum absolute atomic E-state index is 0.458. The molecule has 0 radical (unpaired) electrons. The number of aryl methyl sites for hydroxylation is 1. The molecule has 1 aromatic heterocycles. The summed E-state index contributed by atoms with van der Waals surface area (Å²) in [7, 11) is 0. The normalized spacial score (nSPS) is 27.0. The zero-order chi connectivity index (χ0) is 12.3. The first-order chi connectivity index (χ1) is 8.16. The van der Waals surface area contributed by atoms with Gasteiger partial charge < -0.3 is 5.32 Å². The molecule has 0 aliphatic heterocycles. The topological polar surface area (TPSA) is 24.9 Å². The number of thiazole rings is 1. The second kappa shape index (κ2) is 5.96. The van der Waals surface area contributed by atoms with E-state index in [2.05, 4.69) is 31.1 Å². The van der Waals surface area contributed by atoms with Crippen LogP contribution in [0.1, 0.15) is 56.1 Å². The van der Waals surface area contributed by atoms with Gasteiger partial charge in [0.15, 0.2) is 0 Å². The molecule has 1 N–H and O–H groups in total. The van der Waals surface area contributed by atoms with E-state index < -0.39 is 0 Å². The van der Waals surface area contributed by atoms with E-state index in [1.165, 1.54) is 42.8 Å². The Morgan fingerprint density at radius 3 is 3.00 bits per heavy atom. The molecule has 1 heterocycles. The second-order valence-electron chi connectivity index (χ2n) is 5.57. The predicted octanol–water partition coefficient (Wildman–Crippen LogP) is 3.93. The molecule has 1 aliphatic rings. The van der Waals surface area contributed by atoms with Gasteiger partial charge in [0.05, 0.1) is 11.2 Å². The van der Waals surface area contributed by atoms with Crippen molar-refractivity contribution in [1.29, 1.82) is 0 Å². The average Bonchev–Trinajstić information content (AvgIpc) is 2.72. The van der Waals surface area contributed by atoms with Gasteiger partial charge in [0.25, 0.3) is 0 Å². The molecule has 2 nitrogen and oxygen atoms in total. The van der Waals surface area contributed by atoms with E-state index in [9.17, 15) is 0 Å². The fraction of sp³-hybridized carbons (Fsp3) is 0.786. The lowest BCUT2D eigenvalue weighted by Gasteiger charge is -2.28. The Hall–Kier alpha value is -0.410. The zero-order valence-corrected chi connectivity index (χ0v) is 12.0. The van der Waals surface area contributed by atoms with Crippen molar-refractivity contribution >= 4 is 11.3 Å². The first kappa shape index (κ1) is 13.0. The van der Waals surface area contributed by atoms with E-state index in [1.54, 1.807) is 11.3 Å². The van der Waals surface area contributed by atoms with Gasteiger partial charge in [-0.2, -0.15) is 0 Å². The van der Waals surface area contributed by atoms with Gasteiger partial charge in [-0.1, -0.05) is 19.8 Å². The molecule has 1 aliphatic carbocycles. The van der Waals surface area contributed by atoms with Crippen molar-refractivity contribution < 1.29 is 0 Å². The summed E-state index contributed by atoms with van der Waals surface area (Å²) in [6.45, 7) is 7.92. The first-order valence-corrected chi connectivity index (χ1v) is 7.68. The standard InChI is InChI=1S/C14H24N2S/c1-10-5-4-6-13(7-10)8-15-11(2)14-12(3)16-9-17-14/h9-11,13,15H,4-8H2,1-3H3. The number of rotatable bonds is 4. The first-order valence-electron chi connectivity index (χ1n) is 6.80. The van der Waals surface area contributed by atoms with Crippen molar-refractivity contribution in [2.24, 2.45) is 11.8 Å². The van der Waals surface area contributed by atoms with Crippen LogP contribution in [0.2, 0.25) is 0 Å². The van der Waals surface area contributed by atoms with Crippen LogP contribution in [-0.4, -0.2) is 11.5 Å². The van der Waals surface area contributed by atoms with Gasteiger partial charge in [0, 0.05) is 10.9 Å². The number of aromatic nitrogens is 1. The Bertz CT molecular complexity index is 348. The van der Waals surface area contributed by atoms with E-state index in [-0.39, 0.29) is 0 Å². The van der Waals surface area contributed by atoms with Crippen LogP contribution in [0.5, 0.6) is 0 Å². The molecule has 1 aromatic rings. The molecule has 0 spiro atoms. The van der Waals surface area contributed by atoms with Crippen molar-refractivity contribution in [2.45, 2.75) is 52.5 Å². The molecule has 3 unspecified atom stereocenters. The van der Waals surface area contributed by atoms with Gasteiger partial charge in [-0.25, -0.2) is 4.98 Å². The molecule has 3 heteroatoms. The lowest BCUT2D eigenvalue weighted by atomic mass is 9.82. The molecule has 17 heavy (non-hydrogen) atoms. The minimum Gasteiger partial charge on any atom is -0.309 e. The van der Waals surface area contributed by atoms with Crippen molar-refractivity contribution in [3.05, 3.63) is 16.1 Å². The van der Waals surface area contributed by atoms with Crippen molar-refractivity contribution in [3.63, 3.8) is 0 Å². The van der Waals surface area contributed by atoms with Crippen LogP contribution in [0.25, 0.3) is 0 Å². The van der Waals surface area contributed by atoms with Gasteiger partial charge in [-0.3, -0.25) is 0 Å². The maximum atomic E-state index is 4.32. The third-order valence-electron chi connectivity index (χ3n) is 3.93. The molecule has 2 rings (SSSR count). The Balaban J connectivity index is 1.80. The van der Waals surface area contributed by atoms with Crippen LogP contribution in [-0.2, 0) is 0 Å². The zero-order valence-electron chi connectivity index (χ0n) is 11.2. The summed E-state index contributed by atoms with van der Waals surface area (Å²) in [5, 5.41) is 3.69. The second-order valence-corrected chi connectivity index (χ2v) is 6.46. The number of nitrogens with one attached hydrogen (secondary N) is 1. The summed E-state index contributed by atoms with van der Waals surface area (Å²) in [5.74, 6) is 1.81. The van der Waals surface area contributed by atoms with Crippen LogP contribution in [0, 0.1) is 18.8 Å². The summed E-state index contributed by atoms with van der Waals surface area (Å²) >= 11 is 1.77. The van der Waals surface area contributed by atoms with Crippen LogP contribution in [0.4, 0.5) is 0 Å². The Morgan fingerprint density at radius 1 is 1.53 bits per heavy atom. The smallest absolute Gasteiger partial charge is 0.0798 e. The quantitative estimate of drug-likeness (QED) is 0.878. The lowest BCUT2D eigenvalue weighted by Crippen LogP contribution is -2.28. The van der Waals surface area contributed by atoms with Gasteiger partial charge >= 0.3 is 0 Å². The SMILES string of the molecule is Cc1ncsc1C(C)NCC1CCCC(C)C1. The van der Waals surface area contributed by atoms with Crippen molar-refractivity contribution in [1.82, 2.24) is 10.3 Å². The molecule has 0 bridgehead atoms. The molecule has 0 aromatic carbocycles. The van der Waals surface area contributed by atoms with E-state index in [1.807, 2.05) is 5.51 Å². The van der Waals surface area contributed by atoms with Gasteiger partial charge in [0.1, 0.15) is 0 Å². The molecule has 0 saturated heterocycles. The molecule has 0 amide bonds. The molecule has 1 fully saturated rings.